The first-order valence-electron chi connectivity index (χ1n) is 8.27. The Labute approximate surface area is 161 Å². The number of halogens is 1. The zero-order chi connectivity index (χ0) is 18.8. The summed E-state index contributed by atoms with van der Waals surface area (Å²) in [5.74, 6) is 0.842. The number of carbonyl (C=O) groups is 1. The first kappa shape index (κ1) is 18.3. The highest BCUT2D eigenvalue weighted by Crippen LogP contribution is 2.21. The Kier molecular flexibility index (Phi) is 5.23. The fourth-order valence-corrected chi connectivity index (χ4v) is 3.13. The minimum absolute atomic E-state index is 0.0622. The van der Waals surface area contributed by atoms with Gasteiger partial charge in [0.15, 0.2) is 0 Å². The summed E-state index contributed by atoms with van der Waals surface area (Å²) < 4.78 is 6.26. The Morgan fingerprint density at radius 3 is 2.58 bits per heavy atom. The van der Waals surface area contributed by atoms with Crippen LogP contribution >= 0.6 is 15.9 Å². The highest BCUT2D eigenvalue weighted by Gasteiger charge is 2.18. The summed E-state index contributed by atoms with van der Waals surface area (Å²) in [6, 6.07) is 11.6. The third kappa shape index (κ3) is 3.85. The summed E-state index contributed by atoms with van der Waals surface area (Å²) in [7, 11) is 1.74. The quantitative estimate of drug-likeness (QED) is 0.621. The maximum Gasteiger partial charge on any atom is 0.254 e. The Morgan fingerprint density at radius 1 is 1.12 bits per heavy atom. The molecule has 2 aromatic carbocycles. The minimum atomic E-state index is -0.0622. The lowest BCUT2D eigenvalue weighted by atomic mass is 10.00. The number of benzene rings is 2. The summed E-state index contributed by atoms with van der Waals surface area (Å²) in [4.78, 5) is 18.8. The van der Waals surface area contributed by atoms with Crippen molar-refractivity contribution in [1.82, 2.24) is 15.0 Å². The monoisotopic (exact) mass is 413 g/mol. The molecule has 5 nitrogen and oxygen atoms in total. The van der Waals surface area contributed by atoms with E-state index >= 15 is 0 Å². The van der Waals surface area contributed by atoms with Crippen LogP contribution in [0.3, 0.4) is 0 Å². The smallest absolute Gasteiger partial charge is 0.254 e. The molecule has 3 aromatic rings. The number of rotatable bonds is 4. The lowest BCUT2D eigenvalue weighted by Gasteiger charge is -2.17. The van der Waals surface area contributed by atoms with E-state index < -0.39 is 0 Å². The Balaban J connectivity index is 1.77. The van der Waals surface area contributed by atoms with E-state index in [1.165, 1.54) is 5.56 Å². The van der Waals surface area contributed by atoms with Gasteiger partial charge in [-0.2, -0.15) is 4.98 Å². The molecule has 0 fully saturated rings. The van der Waals surface area contributed by atoms with Crippen molar-refractivity contribution in [2.45, 2.75) is 27.3 Å². The molecule has 0 saturated heterocycles. The van der Waals surface area contributed by atoms with Gasteiger partial charge in [0.2, 0.25) is 11.7 Å². The molecule has 0 unspecified atom stereocenters. The van der Waals surface area contributed by atoms with Gasteiger partial charge >= 0.3 is 0 Å². The van der Waals surface area contributed by atoms with E-state index in [-0.39, 0.29) is 12.5 Å². The second kappa shape index (κ2) is 7.41. The first-order chi connectivity index (χ1) is 12.3. The molecule has 1 heterocycles. The largest absolute Gasteiger partial charge is 0.337 e. The summed E-state index contributed by atoms with van der Waals surface area (Å²) >= 11 is 3.43. The number of amides is 1. The van der Waals surface area contributed by atoms with Crippen molar-refractivity contribution in [1.29, 1.82) is 0 Å². The second-order valence-electron chi connectivity index (χ2n) is 6.43. The first-order valence-corrected chi connectivity index (χ1v) is 9.06. The number of hydrogen-bond donors (Lipinski definition) is 0. The average Bonchev–Trinajstić information content (AvgIpc) is 3.06. The molecule has 6 heteroatoms. The molecule has 0 aliphatic rings. The third-order valence-corrected chi connectivity index (χ3v) is 4.83. The number of carbonyl (C=O) groups excluding carboxylic acids is 1. The maximum atomic E-state index is 12.8. The van der Waals surface area contributed by atoms with E-state index in [2.05, 4.69) is 26.1 Å². The van der Waals surface area contributed by atoms with Crippen LogP contribution in [0.25, 0.3) is 11.4 Å². The minimum Gasteiger partial charge on any atom is -0.337 e. The van der Waals surface area contributed by atoms with Crippen molar-refractivity contribution < 1.29 is 9.32 Å². The molecule has 1 aromatic heterocycles. The van der Waals surface area contributed by atoms with Crippen LogP contribution in [0.1, 0.15) is 32.9 Å². The van der Waals surface area contributed by atoms with Gasteiger partial charge in [0, 0.05) is 22.6 Å². The lowest BCUT2D eigenvalue weighted by molar-refractivity contribution is 0.0768. The Bertz CT molecular complexity index is 965. The fraction of sp³-hybridized carbons (Fsp3) is 0.250. The van der Waals surface area contributed by atoms with Crippen LogP contribution in [0.4, 0.5) is 0 Å². The van der Waals surface area contributed by atoms with E-state index in [0.717, 1.165) is 21.2 Å². The SMILES string of the molecule is Cc1cc(C)c(C(=O)N(C)Cc2nc(-c3cccc(Br)c3)no2)cc1C. The molecule has 0 saturated carbocycles. The van der Waals surface area contributed by atoms with Gasteiger partial charge in [-0.25, -0.2) is 0 Å². The van der Waals surface area contributed by atoms with Crippen molar-refractivity contribution in [3.63, 3.8) is 0 Å². The highest BCUT2D eigenvalue weighted by molar-refractivity contribution is 9.10. The fourth-order valence-electron chi connectivity index (χ4n) is 2.74. The van der Waals surface area contributed by atoms with Gasteiger partial charge in [0.25, 0.3) is 5.91 Å². The van der Waals surface area contributed by atoms with Gasteiger partial charge in [-0.1, -0.05) is 39.3 Å². The number of nitrogens with zero attached hydrogens (tertiary/aromatic N) is 3. The van der Waals surface area contributed by atoms with E-state index in [0.29, 0.717) is 17.3 Å². The predicted molar refractivity (Wildman–Crippen MR) is 104 cm³/mol. The molecular formula is C20H20BrN3O2. The molecule has 3 rings (SSSR count). The standard InChI is InChI=1S/C20H20BrN3O2/c1-12-8-14(3)17(9-13(12)2)20(25)24(4)11-18-22-19(23-26-18)15-6-5-7-16(21)10-15/h5-10H,11H2,1-4H3. The van der Waals surface area contributed by atoms with Crippen LogP contribution in [0, 0.1) is 20.8 Å². The zero-order valence-corrected chi connectivity index (χ0v) is 16.8. The van der Waals surface area contributed by atoms with Gasteiger partial charge in [-0.05, 0) is 55.7 Å². The van der Waals surface area contributed by atoms with E-state index in [9.17, 15) is 4.79 Å². The molecule has 1 amide bonds. The lowest BCUT2D eigenvalue weighted by Crippen LogP contribution is -2.27. The number of aryl methyl sites for hydroxylation is 3. The second-order valence-corrected chi connectivity index (χ2v) is 7.35. The molecule has 0 spiro atoms. The van der Waals surface area contributed by atoms with Crippen LogP contribution < -0.4 is 0 Å². The van der Waals surface area contributed by atoms with Crippen molar-refractivity contribution in [2.75, 3.05) is 7.05 Å². The molecule has 0 N–H and O–H groups in total. The van der Waals surface area contributed by atoms with Crippen molar-refractivity contribution in [3.8, 4) is 11.4 Å². The number of aromatic nitrogens is 2. The summed E-state index contributed by atoms with van der Waals surface area (Å²) in [6.07, 6.45) is 0. The Hall–Kier alpha value is -2.47. The van der Waals surface area contributed by atoms with Gasteiger partial charge < -0.3 is 9.42 Å². The topological polar surface area (TPSA) is 59.2 Å². The van der Waals surface area contributed by atoms with Crippen LogP contribution in [-0.2, 0) is 6.54 Å². The molecular weight excluding hydrogens is 394 g/mol. The highest BCUT2D eigenvalue weighted by atomic mass is 79.9. The van der Waals surface area contributed by atoms with Crippen LogP contribution in [0.5, 0.6) is 0 Å². The molecule has 0 aliphatic heterocycles. The summed E-state index contributed by atoms with van der Waals surface area (Å²) in [6.45, 7) is 6.26. The van der Waals surface area contributed by atoms with Gasteiger partial charge in [-0.3, -0.25) is 4.79 Å². The summed E-state index contributed by atoms with van der Waals surface area (Å²) in [5, 5.41) is 4.01. The molecule has 26 heavy (non-hydrogen) atoms. The van der Waals surface area contributed by atoms with Gasteiger partial charge in [0.1, 0.15) is 0 Å². The zero-order valence-electron chi connectivity index (χ0n) is 15.2. The molecule has 0 aliphatic carbocycles. The van der Waals surface area contributed by atoms with Crippen LogP contribution in [-0.4, -0.2) is 28.0 Å². The van der Waals surface area contributed by atoms with Crippen molar-refractivity contribution in [2.24, 2.45) is 0 Å². The van der Waals surface area contributed by atoms with E-state index in [1.54, 1.807) is 11.9 Å². The normalized spacial score (nSPS) is 10.8. The van der Waals surface area contributed by atoms with Crippen molar-refractivity contribution in [3.05, 3.63) is 69.0 Å². The third-order valence-electron chi connectivity index (χ3n) is 4.34. The van der Waals surface area contributed by atoms with E-state index in [1.807, 2.05) is 57.2 Å². The van der Waals surface area contributed by atoms with Crippen LogP contribution in [0.2, 0.25) is 0 Å². The molecule has 0 radical (unpaired) electrons. The maximum absolute atomic E-state index is 12.8. The predicted octanol–water partition coefficient (Wildman–Crippen LogP) is 4.70. The molecule has 134 valence electrons. The van der Waals surface area contributed by atoms with Crippen LogP contribution in [0.15, 0.2) is 45.4 Å². The molecule has 0 bridgehead atoms. The van der Waals surface area contributed by atoms with Gasteiger partial charge in [-0.15, -0.1) is 0 Å². The molecule has 0 atom stereocenters. The van der Waals surface area contributed by atoms with Crippen molar-refractivity contribution >= 4 is 21.8 Å². The Morgan fingerprint density at radius 2 is 1.85 bits per heavy atom. The average molecular weight is 414 g/mol. The summed E-state index contributed by atoms with van der Waals surface area (Å²) in [5.41, 5.74) is 4.79. The number of hydrogen-bond acceptors (Lipinski definition) is 4. The van der Waals surface area contributed by atoms with E-state index in [4.69, 9.17) is 4.52 Å². The van der Waals surface area contributed by atoms with Gasteiger partial charge in [0.05, 0.1) is 6.54 Å².